The van der Waals surface area contributed by atoms with Crippen molar-refractivity contribution in [3.05, 3.63) is 87.9 Å². The number of hydrogen-bond donors (Lipinski definition) is 0. The molecular weight excluding hydrogens is 512 g/mol. The van der Waals surface area contributed by atoms with Gasteiger partial charge in [-0.3, -0.25) is 9.59 Å². The molecule has 0 unspecified atom stereocenters. The third-order valence-electron chi connectivity index (χ3n) is 7.62. The third kappa shape index (κ3) is 5.48. The van der Waals surface area contributed by atoms with Gasteiger partial charge in [-0.2, -0.15) is 0 Å². The van der Waals surface area contributed by atoms with Crippen LogP contribution in [0.25, 0.3) is 0 Å². The molecule has 0 saturated carbocycles. The molecule has 2 aliphatic heterocycles. The molecule has 2 atom stereocenters. The van der Waals surface area contributed by atoms with Crippen molar-refractivity contribution in [2.45, 2.75) is 64.6 Å². The average Bonchev–Trinajstić information content (AvgIpc) is 2.92. The molecule has 0 aliphatic carbocycles. The maximum atomic E-state index is 13.8. The highest BCUT2D eigenvalue weighted by Gasteiger charge is 2.36. The Morgan fingerprint density at radius 1 is 0.897 bits per heavy atom. The molecule has 1 saturated heterocycles. The second-order valence-electron chi connectivity index (χ2n) is 10.6. The van der Waals surface area contributed by atoms with Crippen molar-refractivity contribution in [1.82, 2.24) is 4.90 Å². The molecule has 3 aromatic rings. The van der Waals surface area contributed by atoms with Crippen LogP contribution in [0.2, 0.25) is 5.02 Å². The van der Waals surface area contributed by atoms with E-state index in [1.165, 1.54) is 0 Å². The third-order valence-corrected chi connectivity index (χ3v) is 7.87. The molecule has 0 radical (unpaired) electrons. The number of nitrogens with zero attached hydrogens (tertiary/aromatic N) is 2. The molecule has 1 fully saturated rings. The number of amides is 2. The molecule has 0 bridgehead atoms. The number of ether oxygens (including phenoxy) is 2. The molecule has 2 amide bonds. The number of likely N-dealkylation sites (tertiary alicyclic amines) is 1. The van der Waals surface area contributed by atoms with Gasteiger partial charge in [0, 0.05) is 23.7 Å². The largest absolute Gasteiger partial charge is 0.493 e. The van der Waals surface area contributed by atoms with Crippen LogP contribution >= 0.6 is 11.6 Å². The Balaban J connectivity index is 1.56. The van der Waals surface area contributed by atoms with Crippen LogP contribution in [-0.2, 0) is 16.0 Å². The van der Waals surface area contributed by atoms with Gasteiger partial charge in [0.15, 0.2) is 11.5 Å². The Bertz CT molecular complexity index is 1350. The van der Waals surface area contributed by atoms with E-state index in [1.807, 2.05) is 84.3 Å². The van der Waals surface area contributed by atoms with Crippen molar-refractivity contribution < 1.29 is 19.1 Å². The van der Waals surface area contributed by atoms with Crippen LogP contribution in [0.3, 0.4) is 0 Å². The molecule has 5 rings (SSSR count). The number of carbonyl (C=O) groups is 2. The van der Waals surface area contributed by atoms with E-state index >= 15 is 0 Å². The Hall–Kier alpha value is -3.51. The fourth-order valence-electron chi connectivity index (χ4n) is 5.66. The Labute approximate surface area is 235 Å². The zero-order chi connectivity index (χ0) is 27.7. The van der Waals surface area contributed by atoms with Gasteiger partial charge in [0.1, 0.15) is 0 Å². The van der Waals surface area contributed by atoms with Crippen LogP contribution in [-0.4, -0.2) is 36.5 Å². The minimum Gasteiger partial charge on any atom is -0.493 e. The first-order valence-electron chi connectivity index (χ1n) is 13.6. The smallest absolute Gasteiger partial charge is 0.232 e. The second kappa shape index (κ2) is 11.3. The summed E-state index contributed by atoms with van der Waals surface area (Å²) >= 11 is 6.23. The van der Waals surface area contributed by atoms with E-state index in [0.29, 0.717) is 22.9 Å². The van der Waals surface area contributed by atoms with Crippen LogP contribution in [0, 0.1) is 0 Å². The number of piperidine rings is 1. The van der Waals surface area contributed by atoms with Crippen molar-refractivity contribution in [3.63, 3.8) is 0 Å². The Morgan fingerprint density at radius 2 is 1.62 bits per heavy atom. The summed E-state index contributed by atoms with van der Waals surface area (Å²) < 4.78 is 11.7. The van der Waals surface area contributed by atoms with Crippen molar-refractivity contribution in [2.75, 3.05) is 18.6 Å². The maximum absolute atomic E-state index is 13.8. The van der Waals surface area contributed by atoms with Crippen molar-refractivity contribution in [3.8, 4) is 11.5 Å². The van der Waals surface area contributed by atoms with Gasteiger partial charge in [0.05, 0.1) is 31.7 Å². The first-order valence-corrected chi connectivity index (χ1v) is 14.0. The number of methoxy groups -OCH3 is 1. The Kier molecular flexibility index (Phi) is 7.85. The van der Waals surface area contributed by atoms with E-state index < -0.39 is 0 Å². The molecule has 0 aromatic heterocycles. The zero-order valence-corrected chi connectivity index (χ0v) is 23.7. The molecular formula is C32H35ClN2O4. The predicted octanol–water partition coefficient (Wildman–Crippen LogP) is 6.89. The van der Waals surface area contributed by atoms with E-state index in [2.05, 4.69) is 6.92 Å². The Morgan fingerprint density at radius 3 is 2.26 bits per heavy atom. The molecule has 2 aliphatic rings. The molecule has 3 aromatic carbocycles. The monoisotopic (exact) mass is 546 g/mol. The summed E-state index contributed by atoms with van der Waals surface area (Å²) in [7, 11) is 1.61. The molecule has 7 heteroatoms. The standard InChI is InChI=1S/C32H35ClN2O4/c1-20(2)39-29-19-27-24(17-28(29)38-4)18-31(37)35(32(27)23-8-12-25(33)13-9-23)26-14-10-22(11-15-26)21(3)34-16-6-5-7-30(34)36/h8-15,17,19-21,32H,5-7,16,18H2,1-4H3/t21-,32-/m0/s1. The first kappa shape index (κ1) is 27.1. The fraction of sp³-hybridized carbons (Fsp3) is 0.375. The summed E-state index contributed by atoms with van der Waals surface area (Å²) in [5.74, 6) is 1.46. The average molecular weight is 547 g/mol. The zero-order valence-electron chi connectivity index (χ0n) is 22.9. The summed E-state index contributed by atoms with van der Waals surface area (Å²) in [4.78, 5) is 30.1. The highest BCUT2D eigenvalue weighted by molar-refractivity contribution is 6.30. The second-order valence-corrected chi connectivity index (χ2v) is 11.0. The van der Waals surface area contributed by atoms with Gasteiger partial charge in [-0.25, -0.2) is 0 Å². The highest BCUT2D eigenvalue weighted by atomic mass is 35.5. The van der Waals surface area contributed by atoms with Crippen LogP contribution in [0.15, 0.2) is 60.7 Å². The fourth-order valence-corrected chi connectivity index (χ4v) is 5.78. The van der Waals surface area contributed by atoms with Crippen LogP contribution in [0.4, 0.5) is 5.69 Å². The maximum Gasteiger partial charge on any atom is 0.232 e. The molecule has 2 heterocycles. The lowest BCUT2D eigenvalue weighted by atomic mass is 9.86. The van der Waals surface area contributed by atoms with Gasteiger partial charge in [0.25, 0.3) is 0 Å². The van der Waals surface area contributed by atoms with Crippen LogP contribution < -0.4 is 14.4 Å². The van der Waals surface area contributed by atoms with E-state index in [1.54, 1.807) is 7.11 Å². The van der Waals surface area contributed by atoms with Crippen LogP contribution in [0.5, 0.6) is 11.5 Å². The minimum absolute atomic E-state index is 0.00552. The van der Waals surface area contributed by atoms with Gasteiger partial charge in [0.2, 0.25) is 11.8 Å². The number of hydrogen-bond acceptors (Lipinski definition) is 4. The number of anilines is 1. The summed E-state index contributed by atoms with van der Waals surface area (Å²) in [6, 6.07) is 19.2. The van der Waals surface area contributed by atoms with Crippen LogP contribution in [0.1, 0.15) is 74.4 Å². The lowest BCUT2D eigenvalue weighted by molar-refractivity contribution is -0.135. The summed E-state index contributed by atoms with van der Waals surface area (Å²) in [6.45, 7) is 6.81. The first-order chi connectivity index (χ1) is 18.8. The summed E-state index contributed by atoms with van der Waals surface area (Å²) in [5, 5.41) is 0.636. The van der Waals surface area contributed by atoms with Gasteiger partial charge in [-0.05, 0) is 92.3 Å². The number of rotatable bonds is 7. The van der Waals surface area contributed by atoms with Gasteiger partial charge in [-0.15, -0.1) is 0 Å². The van der Waals surface area contributed by atoms with E-state index in [9.17, 15) is 9.59 Å². The van der Waals surface area contributed by atoms with E-state index in [4.69, 9.17) is 21.1 Å². The number of carbonyl (C=O) groups excluding carboxylic acids is 2. The highest BCUT2D eigenvalue weighted by Crippen LogP contribution is 2.44. The van der Waals surface area contributed by atoms with Crippen molar-refractivity contribution in [1.29, 1.82) is 0 Å². The van der Waals surface area contributed by atoms with Gasteiger partial charge in [-0.1, -0.05) is 35.9 Å². The molecule has 6 nitrogen and oxygen atoms in total. The lowest BCUT2D eigenvalue weighted by Crippen LogP contribution is -2.41. The lowest BCUT2D eigenvalue weighted by Gasteiger charge is -2.38. The van der Waals surface area contributed by atoms with Gasteiger partial charge >= 0.3 is 0 Å². The molecule has 0 spiro atoms. The summed E-state index contributed by atoms with van der Waals surface area (Å²) in [6.07, 6.45) is 2.82. The molecule has 39 heavy (non-hydrogen) atoms. The van der Waals surface area contributed by atoms with Crippen molar-refractivity contribution >= 4 is 29.1 Å². The quantitative estimate of drug-likeness (QED) is 0.324. The predicted molar refractivity (Wildman–Crippen MR) is 154 cm³/mol. The number of benzene rings is 3. The number of fused-ring (bicyclic) bond motifs is 1. The SMILES string of the molecule is COc1cc2c(cc1OC(C)C)[C@H](c1ccc(Cl)cc1)N(c1ccc([C@H](C)N3CCCCC3=O)cc1)C(=O)C2. The number of halogens is 1. The topological polar surface area (TPSA) is 59.1 Å². The minimum atomic E-state index is -0.370. The molecule has 204 valence electrons. The normalized spacial score (nSPS) is 18.3. The van der Waals surface area contributed by atoms with Crippen molar-refractivity contribution in [2.24, 2.45) is 0 Å². The van der Waals surface area contributed by atoms with E-state index in [0.717, 1.165) is 47.3 Å². The van der Waals surface area contributed by atoms with Gasteiger partial charge < -0.3 is 19.3 Å². The molecule has 0 N–H and O–H groups in total. The van der Waals surface area contributed by atoms with E-state index in [-0.39, 0.29) is 36.4 Å². The summed E-state index contributed by atoms with van der Waals surface area (Å²) in [5.41, 5.74) is 4.71.